The summed E-state index contributed by atoms with van der Waals surface area (Å²) in [5, 5.41) is 0.459. The van der Waals surface area contributed by atoms with Crippen LogP contribution in [-0.2, 0) is 14.8 Å². The third kappa shape index (κ3) is 8.98. The number of benzene rings is 2. The van der Waals surface area contributed by atoms with Crippen LogP contribution in [0.25, 0.3) is 33.4 Å². The molecule has 13 heteroatoms. The summed E-state index contributed by atoms with van der Waals surface area (Å²) in [5.41, 5.74) is 13.5. The zero-order chi connectivity index (χ0) is 32.4. The number of pyridine rings is 1. The zero-order valence-corrected chi connectivity index (χ0v) is 26.4. The minimum atomic E-state index is -3.93. The molecular weight excluding hydrogens is 602 g/mol. The van der Waals surface area contributed by atoms with E-state index in [4.69, 9.17) is 25.9 Å². The number of rotatable bonds is 12. The number of aromatic nitrogens is 3. The van der Waals surface area contributed by atoms with Crippen molar-refractivity contribution in [2.45, 2.75) is 58.5 Å². The van der Waals surface area contributed by atoms with E-state index in [-0.39, 0.29) is 29.6 Å². The van der Waals surface area contributed by atoms with Gasteiger partial charge in [-0.2, -0.15) is 0 Å². The van der Waals surface area contributed by atoms with Crippen molar-refractivity contribution in [3.05, 3.63) is 54.5 Å². The van der Waals surface area contributed by atoms with Crippen molar-refractivity contribution in [2.24, 2.45) is 0 Å². The van der Waals surface area contributed by atoms with Crippen LogP contribution < -0.4 is 20.9 Å². The molecule has 1 aliphatic carbocycles. The largest absolute Gasteiger partial charge is 0.488 e. The van der Waals surface area contributed by atoms with Crippen molar-refractivity contribution in [2.75, 3.05) is 41.8 Å². The summed E-state index contributed by atoms with van der Waals surface area (Å²) in [6.45, 7) is 5.10. The Balaban J connectivity index is 0.000000700. The van der Waals surface area contributed by atoms with E-state index in [1.165, 1.54) is 18.2 Å². The summed E-state index contributed by atoms with van der Waals surface area (Å²) in [4.78, 5) is 13.3. The summed E-state index contributed by atoms with van der Waals surface area (Å²) in [7, 11) is -3.93. The first kappa shape index (κ1) is 33.8. The Morgan fingerprint density at radius 3 is 2.47 bits per heavy atom. The quantitative estimate of drug-likeness (QED) is 0.147. The lowest BCUT2D eigenvalue weighted by atomic mass is 10.0. The van der Waals surface area contributed by atoms with Crippen LogP contribution in [0.1, 0.15) is 52.4 Å². The van der Waals surface area contributed by atoms with Gasteiger partial charge in [0, 0.05) is 35.9 Å². The number of nitrogen functional groups attached to an aromatic ring is 2. The molecule has 2 aromatic heterocycles. The molecule has 10 nitrogen and oxygen atoms in total. The van der Waals surface area contributed by atoms with E-state index in [0.29, 0.717) is 39.4 Å². The highest BCUT2D eigenvalue weighted by molar-refractivity contribution is 7.92. The summed E-state index contributed by atoms with van der Waals surface area (Å²) in [5.74, 6) is 0.0395. The predicted octanol–water partition coefficient (Wildman–Crippen LogP) is 6.52. The Morgan fingerprint density at radius 2 is 1.82 bits per heavy atom. The van der Waals surface area contributed by atoms with Crippen LogP contribution >= 0.6 is 0 Å². The molecule has 0 spiro atoms. The smallest absolute Gasteiger partial charge is 0.232 e. The Labute approximate surface area is 262 Å². The fraction of sp³-hybridized carbons (Fsp3) is 0.406. The van der Waals surface area contributed by atoms with Gasteiger partial charge < -0.3 is 20.9 Å². The molecule has 1 aliphatic rings. The third-order valence-electron chi connectivity index (χ3n) is 7.11. The Bertz CT molecular complexity index is 1680. The van der Waals surface area contributed by atoms with Gasteiger partial charge in [0.15, 0.2) is 11.6 Å². The molecule has 0 unspecified atom stereocenters. The summed E-state index contributed by atoms with van der Waals surface area (Å²) in [6.07, 6.45) is 6.32. The number of anilines is 3. The van der Waals surface area contributed by atoms with Crippen molar-refractivity contribution in [3.8, 4) is 28.3 Å². The van der Waals surface area contributed by atoms with Gasteiger partial charge in [-0.3, -0.25) is 9.11 Å². The molecule has 2 heterocycles. The average molecular weight is 643 g/mol. The standard InChI is InChI=1S/C27H28F2N6O3S.C5H12O/c28-11-4-12-39(36,37)35-21-8-3-7-19(24(21)29)17-13-20-25(22(14-17)38-18-5-1-2-6-18)33-27(34-26(20)31)16-9-10-23(30)32-15-16;1-3-5-6-4-2/h3,7-10,13-15,18,35H,1-2,4-6,11-12H2,(H2,30,32)(H2,31,33,34);3-5H2,1-2H3. The molecule has 0 radical (unpaired) electrons. The van der Waals surface area contributed by atoms with Gasteiger partial charge >= 0.3 is 0 Å². The molecule has 242 valence electrons. The maximum absolute atomic E-state index is 15.6. The van der Waals surface area contributed by atoms with Crippen molar-refractivity contribution in [1.29, 1.82) is 0 Å². The van der Waals surface area contributed by atoms with Crippen LogP contribution in [0.15, 0.2) is 48.7 Å². The van der Waals surface area contributed by atoms with Gasteiger partial charge in [0.05, 0.1) is 24.2 Å². The molecule has 0 atom stereocenters. The second kappa shape index (κ2) is 15.8. The number of ether oxygens (including phenoxy) is 2. The Kier molecular flexibility index (Phi) is 11.8. The predicted molar refractivity (Wildman–Crippen MR) is 175 cm³/mol. The molecule has 5 rings (SSSR count). The first-order valence-electron chi connectivity index (χ1n) is 15.1. The maximum Gasteiger partial charge on any atom is 0.232 e. The van der Waals surface area contributed by atoms with Crippen molar-refractivity contribution in [1.82, 2.24) is 15.0 Å². The first-order chi connectivity index (χ1) is 21.7. The molecule has 45 heavy (non-hydrogen) atoms. The molecule has 1 saturated carbocycles. The van der Waals surface area contributed by atoms with Crippen molar-refractivity contribution >= 4 is 38.2 Å². The van der Waals surface area contributed by atoms with E-state index >= 15 is 4.39 Å². The minimum absolute atomic E-state index is 0.0280. The summed E-state index contributed by atoms with van der Waals surface area (Å²) < 4.78 is 66.3. The Hall–Kier alpha value is -4.10. The van der Waals surface area contributed by atoms with E-state index in [2.05, 4.69) is 21.6 Å². The molecule has 5 N–H and O–H groups in total. The number of nitrogens with one attached hydrogen (secondary N) is 1. The normalized spacial score (nSPS) is 13.4. The van der Waals surface area contributed by atoms with Crippen LogP contribution in [-0.4, -0.2) is 55.1 Å². The molecule has 0 amide bonds. The zero-order valence-electron chi connectivity index (χ0n) is 25.6. The first-order valence-corrected chi connectivity index (χ1v) is 16.7. The molecule has 2 aromatic carbocycles. The van der Waals surface area contributed by atoms with Crippen LogP contribution in [0.2, 0.25) is 0 Å². The van der Waals surface area contributed by atoms with Crippen LogP contribution in [0, 0.1) is 5.82 Å². The third-order valence-corrected chi connectivity index (χ3v) is 8.47. The van der Waals surface area contributed by atoms with E-state index in [9.17, 15) is 12.8 Å². The lowest BCUT2D eigenvalue weighted by Gasteiger charge is -2.18. The molecule has 0 aliphatic heterocycles. The molecule has 0 bridgehead atoms. The second-order valence-electron chi connectivity index (χ2n) is 10.6. The molecule has 4 aromatic rings. The lowest BCUT2D eigenvalue weighted by molar-refractivity contribution is 0.148. The highest BCUT2D eigenvalue weighted by Gasteiger charge is 2.22. The van der Waals surface area contributed by atoms with Gasteiger partial charge in [0.1, 0.15) is 22.9 Å². The van der Waals surface area contributed by atoms with Gasteiger partial charge in [0.25, 0.3) is 0 Å². The topological polar surface area (TPSA) is 155 Å². The highest BCUT2D eigenvalue weighted by atomic mass is 32.2. The molecule has 1 fully saturated rings. The van der Waals surface area contributed by atoms with Gasteiger partial charge in [-0.25, -0.2) is 27.8 Å². The SMILES string of the molecule is CCCOCC.Nc1ccc(-c2nc(N)c3cc(-c4cccc(NS(=O)(=O)CCCF)c4F)cc(OC4CCCC4)c3n2)cn1. The molecule has 0 saturated heterocycles. The maximum atomic E-state index is 15.6. The number of hydrogen-bond donors (Lipinski definition) is 3. The van der Waals surface area contributed by atoms with Gasteiger partial charge in [-0.05, 0) is 81.3 Å². The average Bonchev–Trinajstić information content (AvgIpc) is 3.54. The highest BCUT2D eigenvalue weighted by Crippen LogP contribution is 2.38. The number of halogens is 2. The Morgan fingerprint density at radius 1 is 1.04 bits per heavy atom. The van der Waals surface area contributed by atoms with Gasteiger partial charge in [0.2, 0.25) is 10.0 Å². The van der Waals surface area contributed by atoms with Crippen molar-refractivity contribution in [3.63, 3.8) is 0 Å². The van der Waals surface area contributed by atoms with Crippen LogP contribution in [0.4, 0.5) is 26.1 Å². The van der Waals surface area contributed by atoms with E-state index in [0.717, 1.165) is 45.3 Å². The fourth-order valence-electron chi connectivity index (χ4n) is 4.91. The number of fused-ring (bicyclic) bond motifs is 1. The second-order valence-corrected chi connectivity index (χ2v) is 12.5. The van der Waals surface area contributed by atoms with Crippen LogP contribution in [0.3, 0.4) is 0 Å². The number of sulfonamides is 1. The van der Waals surface area contributed by atoms with E-state index < -0.39 is 28.3 Å². The van der Waals surface area contributed by atoms with Gasteiger partial charge in [-0.15, -0.1) is 0 Å². The van der Waals surface area contributed by atoms with Crippen LogP contribution in [0.5, 0.6) is 5.75 Å². The summed E-state index contributed by atoms with van der Waals surface area (Å²) >= 11 is 0. The van der Waals surface area contributed by atoms with E-state index in [1.54, 1.807) is 30.5 Å². The number of nitrogens with two attached hydrogens (primary N) is 2. The van der Waals surface area contributed by atoms with Gasteiger partial charge in [-0.1, -0.05) is 19.1 Å². The monoisotopic (exact) mass is 642 g/mol. The lowest BCUT2D eigenvalue weighted by Crippen LogP contribution is -2.18. The number of alkyl halides is 1. The fourth-order valence-corrected chi connectivity index (χ4v) is 5.99. The number of nitrogens with zero attached hydrogens (tertiary/aromatic N) is 3. The minimum Gasteiger partial charge on any atom is -0.488 e. The summed E-state index contributed by atoms with van der Waals surface area (Å²) in [6, 6.07) is 11.1. The molecular formula is C32H40F2N6O4S. The van der Waals surface area contributed by atoms with Crippen molar-refractivity contribution < 1.29 is 26.7 Å². The van der Waals surface area contributed by atoms with E-state index in [1.807, 2.05) is 6.92 Å². The number of hydrogen-bond acceptors (Lipinski definition) is 9.